The van der Waals surface area contributed by atoms with Crippen molar-refractivity contribution in [3.05, 3.63) is 41.6 Å². The number of nitrogens with zero attached hydrogens (tertiary/aromatic N) is 2. The summed E-state index contributed by atoms with van der Waals surface area (Å²) in [6.07, 6.45) is 1.89. The Morgan fingerprint density at radius 2 is 1.94 bits per heavy atom. The van der Waals surface area contributed by atoms with Crippen molar-refractivity contribution in [1.82, 2.24) is 9.97 Å². The summed E-state index contributed by atoms with van der Waals surface area (Å²) in [4.78, 5) is 8.22. The minimum atomic E-state index is 0.380. The van der Waals surface area contributed by atoms with Crippen LogP contribution in [-0.2, 0) is 0 Å². The van der Waals surface area contributed by atoms with E-state index in [1.807, 2.05) is 36.6 Å². The standard InChI is InChI=1S/C11H9ClN2OS/c1-16-11-13-9(12)7-10(14-11)15-8-5-3-2-4-6-8/h2-7H,1H3. The highest BCUT2D eigenvalue weighted by Crippen LogP contribution is 2.23. The molecule has 0 aliphatic carbocycles. The molecular formula is C11H9ClN2OS. The van der Waals surface area contributed by atoms with Crippen LogP contribution in [0.4, 0.5) is 0 Å². The number of hydrogen-bond donors (Lipinski definition) is 0. The van der Waals surface area contributed by atoms with Gasteiger partial charge in [0.15, 0.2) is 5.16 Å². The van der Waals surface area contributed by atoms with Crippen molar-refractivity contribution in [2.45, 2.75) is 5.16 Å². The van der Waals surface area contributed by atoms with Gasteiger partial charge in [-0.1, -0.05) is 41.6 Å². The molecule has 0 N–H and O–H groups in total. The molecule has 0 spiro atoms. The highest BCUT2D eigenvalue weighted by molar-refractivity contribution is 7.98. The number of aromatic nitrogens is 2. The van der Waals surface area contributed by atoms with Crippen molar-refractivity contribution in [3.8, 4) is 11.6 Å². The van der Waals surface area contributed by atoms with Crippen LogP contribution in [0, 0.1) is 0 Å². The molecule has 0 amide bonds. The normalized spacial score (nSPS) is 10.1. The highest BCUT2D eigenvalue weighted by Gasteiger charge is 2.04. The van der Waals surface area contributed by atoms with Crippen LogP contribution in [0.15, 0.2) is 41.6 Å². The Kier molecular flexibility index (Phi) is 3.64. The zero-order valence-corrected chi connectivity index (χ0v) is 10.1. The van der Waals surface area contributed by atoms with E-state index in [0.717, 1.165) is 5.75 Å². The number of thioether (sulfide) groups is 1. The van der Waals surface area contributed by atoms with E-state index in [1.54, 1.807) is 6.07 Å². The molecule has 16 heavy (non-hydrogen) atoms. The van der Waals surface area contributed by atoms with Gasteiger partial charge in [0.1, 0.15) is 10.9 Å². The summed E-state index contributed by atoms with van der Waals surface area (Å²) in [6.45, 7) is 0. The molecule has 1 aromatic heterocycles. The highest BCUT2D eigenvalue weighted by atomic mass is 35.5. The minimum absolute atomic E-state index is 0.380. The van der Waals surface area contributed by atoms with Gasteiger partial charge in [-0.15, -0.1) is 0 Å². The molecule has 0 saturated carbocycles. The second kappa shape index (κ2) is 5.18. The Morgan fingerprint density at radius 1 is 1.19 bits per heavy atom. The Bertz CT molecular complexity index is 479. The maximum Gasteiger partial charge on any atom is 0.224 e. The van der Waals surface area contributed by atoms with Gasteiger partial charge in [-0.25, -0.2) is 4.98 Å². The van der Waals surface area contributed by atoms with E-state index in [2.05, 4.69) is 9.97 Å². The molecule has 0 aliphatic rings. The number of halogens is 1. The number of hydrogen-bond acceptors (Lipinski definition) is 4. The van der Waals surface area contributed by atoms with Gasteiger partial charge in [0.25, 0.3) is 0 Å². The van der Waals surface area contributed by atoms with Gasteiger partial charge in [0.2, 0.25) is 5.88 Å². The summed E-state index contributed by atoms with van der Waals surface area (Å²) in [6, 6.07) is 11.0. The first-order valence-corrected chi connectivity index (χ1v) is 6.19. The van der Waals surface area contributed by atoms with Crippen LogP contribution in [0.1, 0.15) is 0 Å². The third-order valence-corrected chi connectivity index (χ3v) is 2.54. The molecule has 0 radical (unpaired) electrons. The lowest BCUT2D eigenvalue weighted by Gasteiger charge is -2.05. The van der Waals surface area contributed by atoms with Crippen LogP contribution in [0.2, 0.25) is 5.15 Å². The lowest BCUT2D eigenvalue weighted by Crippen LogP contribution is -1.92. The molecule has 1 heterocycles. The largest absolute Gasteiger partial charge is 0.439 e. The Labute approximate surface area is 103 Å². The predicted octanol–water partition coefficient (Wildman–Crippen LogP) is 3.64. The van der Waals surface area contributed by atoms with Gasteiger partial charge in [-0.2, -0.15) is 4.98 Å². The molecule has 2 aromatic rings. The lowest BCUT2D eigenvalue weighted by atomic mass is 10.3. The molecule has 1 aromatic carbocycles. The maximum absolute atomic E-state index is 5.85. The molecule has 2 rings (SSSR count). The monoisotopic (exact) mass is 252 g/mol. The van der Waals surface area contributed by atoms with Crippen LogP contribution in [0.3, 0.4) is 0 Å². The van der Waals surface area contributed by atoms with Crippen LogP contribution < -0.4 is 4.74 Å². The van der Waals surface area contributed by atoms with Crippen LogP contribution in [0.5, 0.6) is 11.6 Å². The molecule has 0 atom stereocenters. The third-order valence-electron chi connectivity index (χ3n) is 1.80. The molecule has 0 bridgehead atoms. The van der Waals surface area contributed by atoms with Gasteiger partial charge in [0, 0.05) is 6.07 Å². The Hall–Kier alpha value is -1.26. The van der Waals surface area contributed by atoms with Gasteiger partial charge in [-0.3, -0.25) is 0 Å². The summed E-state index contributed by atoms with van der Waals surface area (Å²) in [7, 11) is 0. The van der Waals surface area contributed by atoms with Gasteiger partial charge in [0.05, 0.1) is 0 Å². The Morgan fingerprint density at radius 3 is 2.62 bits per heavy atom. The topological polar surface area (TPSA) is 35.0 Å². The first-order chi connectivity index (χ1) is 7.78. The fourth-order valence-electron chi connectivity index (χ4n) is 1.13. The van der Waals surface area contributed by atoms with Crippen molar-refractivity contribution in [2.75, 3.05) is 6.26 Å². The average molecular weight is 253 g/mol. The second-order valence-electron chi connectivity index (χ2n) is 2.93. The molecule has 0 saturated heterocycles. The smallest absolute Gasteiger partial charge is 0.224 e. The number of benzene rings is 1. The number of rotatable bonds is 3. The summed E-state index contributed by atoms with van der Waals surface area (Å²) >= 11 is 7.27. The molecule has 0 unspecified atom stereocenters. The second-order valence-corrected chi connectivity index (χ2v) is 4.09. The van der Waals surface area contributed by atoms with Gasteiger partial charge < -0.3 is 4.74 Å². The average Bonchev–Trinajstić information content (AvgIpc) is 2.29. The number of para-hydroxylation sites is 1. The summed E-state index contributed by atoms with van der Waals surface area (Å²) in [5.41, 5.74) is 0. The predicted molar refractivity (Wildman–Crippen MR) is 65.3 cm³/mol. The van der Waals surface area contributed by atoms with Crippen LogP contribution in [0.25, 0.3) is 0 Å². The SMILES string of the molecule is CSc1nc(Cl)cc(Oc2ccccc2)n1. The fraction of sp³-hybridized carbons (Fsp3) is 0.0909. The van der Waals surface area contributed by atoms with E-state index in [-0.39, 0.29) is 0 Å². The maximum atomic E-state index is 5.85. The van der Waals surface area contributed by atoms with E-state index >= 15 is 0 Å². The van der Waals surface area contributed by atoms with Crippen molar-refractivity contribution in [2.24, 2.45) is 0 Å². The first-order valence-electron chi connectivity index (χ1n) is 4.59. The van der Waals surface area contributed by atoms with Crippen molar-refractivity contribution in [1.29, 1.82) is 0 Å². The lowest BCUT2D eigenvalue weighted by molar-refractivity contribution is 0.455. The zero-order valence-electron chi connectivity index (χ0n) is 8.55. The van der Waals surface area contributed by atoms with Crippen LogP contribution in [-0.4, -0.2) is 16.2 Å². The van der Waals surface area contributed by atoms with E-state index < -0.39 is 0 Å². The molecule has 82 valence electrons. The van der Waals surface area contributed by atoms with E-state index in [4.69, 9.17) is 16.3 Å². The minimum Gasteiger partial charge on any atom is -0.439 e. The Balaban J connectivity index is 2.24. The van der Waals surface area contributed by atoms with Gasteiger partial charge >= 0.3 is 0 Å². The zero-order chi connectivity index (χ0) is 11.4. The quantitative estimate of drug-likeness (QED) is 0.475. The molecule has 5 heteroatoms. The van der Waals surface area contributed by atoms with Crippen molar-refractivity contribution < 1.29 is 4.74 Å². The van der Waals surface area contributed by atoms with Crippen LogP contribution >= 0.6 is 23.4 Å². The van der Waals surface area contributed by atoms with Gasteiger partial charge in [-0.05, 0) is 18.4 Å². The summed E-state index contributed by atoms with van der Waals surface area (Å²) < 4.78 is 5.55. The summed E-state index contributed by atoms with van der Waals surface area (Å²) in [5.74, 6) is 1.18. The molecule has 0 fully saturated rings. The molecule has 3 nitrogen and oxygen atoms in total. The number of ether oxygens (including phenoxy) is 1. The fourth-order valence-corrected chi connectivity index (χ4v) is 1.72. The third kappa shape index (κ3) is 2.87. The van der Waals surface area contributed by atoms with Crippen molar-refractivity contribution >= 4 is 23.4 Å². The van der Waals surface area contributed by atoms with Crippen molar-refractivity contribution in [3.63, 3.8) is 0 Å². The van der Waals surface area contributed by atoms with E-state index in [0.29, 0.717) is 16.2 Å². The summed E-state index contributed by atoms with van der Waals surface area (Å²) in [5, 5.41) is 0.976. The first kappa shape index (κ1) is 11.2. The molecular weight excluding hydrogens is 244 g/mol. The molecule has 0 aliphatic heterocycles. The van der Waals surface area contributed by atoms with E-state index in [9.17, 15) is 0 Å². The van der Waals surface area contributed by atoms with E-state index in [1.165, 1.54) is 11.8 Å².